The monoisotopic (exact) mass is 440 g/mol. The predicted octanol–water partition coefficient (Wildman–Crippen LogP) is 5.03. The Morgan fingerprint density at radius 1 is 1.25 bits per heavy atom. The molecule has 1 heterocycles. The van der Waals surface area contributed by atoms with E-state index < -0.39 is 6.10 Å². The first-order chi connectivity index (χ1) is 9.49. The molecule has 1 unspecified atom stereocenters. The van der Waals surface area contributed by atoms with Crippen molar-refractivity contribution in [3.8, 4) is 11.5 Å². The van der Waals surface area contributed by atoms with Crippen LogP contribution < -0.4 is 9.47 Å². The average Bonchev–Trinajstić information content (AvgIpc) is 2.77. The predicted molar refractivity (Wildman–Crippen MR) is 88.3 cm³/mol. The van der Waals surface area contributed by atoms with Gasteiger partial charge >= 0.3 is 0 Å². The lowest BCUT2D eigenvalue weighted by Gasteiger charge is -2.16. The molecule has 0 bridgehead atoms. The Bertz CT molecular complexity index is 611. The fraction of sp³-hybridized carbons (Fsp3) is 0.231. The second kappa shape index (κ2) is 6.66. The van der Waals surface area contributed by atoms with E-state index in [1.807, 2.05) is 0 Å². The zero-order valence-corrected chi connectivity index (χ0v) is 15.4. The van der Waals surface area contributed by atoms with Gasteiger partial charge in [-0.3, -0.25) is 0 Å². The second-order valence-corrected chi connectivity index (χ2v) is 7.21. The van der Waals surface area contributed by atoms with E-state index in [4.69, 9.17) is 21.1 Å². The minimum atomic E-state index is -0.819. The van der Waals surface area contributed by atoms with Crippen LogP contribution in [0.5, 0.6) is 11.5 Å². The van der Waals surface area contributed by atoms with Crippen LogP contribution in [0.15, 0.2) is 27.1 Å². The smallest absolute Gasteiger partial charge is 0.142 e. The Kier molecular flexibility index (Phi) is 5.36. The molecule has 0 saturated heterocycles. The summed E-state index contributed by atoms with van der Waals surface area (Å²) < 4.78 is 12.6. The number of hydrogen-bond donors (Lipinski definition) is 1. The molecule has 0 aliphatic heterocycles. The lowest BCUT2D eigenvalue weighted by atomic mass is 10.1. The van der Waals surface area contributed by atoms with Crippen LogP contribution >= 0.6 is 54.8 Å². The van der Waals surface area contributed by atoms with Gasteiger partial charge in [-0.1, -0.05) is 11.6 Å². The highest BCUT2D eigenvalue weighted by atomic mass is 79.9. The molecule has 0 spiro atoms. The van der Waals surface area contributed by atoms with Crippen molar-refractivity contribution in [2.75, 3.05) is 14.2 Å². The first-order valence-corrected chi connectivity index (χ1v) is 8.30. The van der Waals surface area contributed by atoms with Crippen molar-refractivity contribution in [2.24, 2.45) is 0 Å². The van der Waals surface area contributed by atoms with E-state index in [-0.39, 0.29) is 0 Å². The molecule has 0 radical (unpaired) electrons. The van der Waals surface area contributed by atoms with Crippen molar-refractivity contribution < 1.29 is 14.6 Å². The van der Waals surface area contributed by atoms with Crippen molar-refractivity contribution in [3.05, 3.63) is 41.9 Å². The van der Waals surface area contributed by atoms with Crippen LogP contribution in [0.2, 0.25) is 4.34 Å². The van der Waals surface area contributed by atoms with E-state index >= 15 is 0 Å². The largest absolute Gasteiger partial charge is 0.495 e. The molecule has 7 heteroatoms. The fourth-order valence-corrected chi connectivity index (χ4v) is 4.21. The van der Waals surface area contributed by atoms with Gasteiger partial charge in [0.25, 0.3) is 0 Å². The average molecular weight is 443 g/mol. The third-order valence-corrected chi connectivity index (χ3v) is 6.02. The lowest BCUT2D eigenvalue weighted by Crippen LogP contribution is -2.02. The number of halogens is 3. The van der Waals surface area contributed by atoms with Gasteiger partial charge in [-0.25, -0.2) is 0 Å². The Labute approximate surface area is 142 Å². The minimum Gasteiger partial charge on any atom is -0.495 e. The Hall–Kier alpha value is -0.270. The summed E-state index contributed by atoms with van der Waals surface area (Å²) >= 11 is 14.1. The molecule has 1 aromatic carbocycles. The Morgan fingerprint density at radius 2 is 1.95 bits per heavy atom. The molecule has 0 saturated carbocycles. The van der Waals surface area contributed by atoms with Gasteiger partial charge in [-0.15, -0.1) is 11.3 Å². The number of aliphatic hydroxyl groups excluding tert-OH is 1. The number of ether oxygens (including phenoxy) is 2. The second-order valence-electron chi connectivity index (χ2n) is 3.88. The molecule has 2 aromatic rings. The highest BCUT2D eigenvalue weighted by Gasteiger charge is 2.22. The summed E-state index contributed by atoms with van der Waals surface area (Å²) in [6.45, 7) is 0. The van der Waals surface area contributed by atoms with Crippen molar-refractivity contribution in [2.45, 2.75) is 6.10 Å². The number of rotatable bonds is 4. The molecule has 20 heavy (non-hydrogen) atoms. The molecule has 0 fully saturated rings. The molecule has 2 rings (SSSR count). The number of aliphatic hydroxyl groups is 1. The first-order valence-electron chi connectivity index (χ1n) is 5.52. The van der Waals surface area contributed by atoms with Gasteiger partial charge in [0.05, 0.1) is 14.2 Å². The molecular formula is C13H11Br2ClO3S. The third kappa shape index (κ3) is 2.99. The van der Waals surface area contributed by atoms with E-state index in [0.717, 1.165) is 9.35 Å². The maximum absolute atomic E-state index is 10.5. The number of hydrogen-bond acceptors (Lipinski definition) is 4. The van der Waals surface area contributed by atoms with Crippen LogP contribution in [0, 0.1) is 0 Å². The molecule has 0 amide bonds. The number of benzene rings is 1. The third-order valence-electron chi connectivity index (χ3n) is 2.74. The van der Waals surface area contributed by atoms with E-state index in [1.54, 1.807) is 32.4 Å². The van der Waals surface area contributed by atoms with Crippen LogP contribution in [0.3, 0.4) is 0 Å². The molecule has 3 nitrogen and oxygen atoms in total. The van der Waals surface area contributed by atoms with E-state index in [2.05, 4.69) is 31.9 Å². The quantitative estimate of drug-likeness (QED) is 0.722. The van der Waals surface area contributed by atoms with Crippen molar-refractivity contribution >= 4 is 54.8 Å². The molecule has 108 valence electrons. The van der Waals surface area contributed by atoms with E-state index in [9.17, 15) is 5.11 Å². The van der Waals surface area contributed by atoms with Gasteiger partial charge < -0.3 is 14.6 Å². The van der Waals surface area contributed by atoms with Gasteiger partial charge in [0.15, 0.2) is 0 Å². The van der Waals surface area contributed by atoms with Gasteiger partial charge in [0.2, 0.25) is 0 Å². The summed E-state index contributed by atoms with van der Waals surface area (Å²) in [6.07, 6.45) is -0.819. The molecular weight excluding hydrogens is 431 g/mol. The van der Waals surface area contributed by atoms with Crippen LogP contribution in [0.25, 0.3) is 0 Å². The van der Waals surface area contributed by atoms with Crippen molar-refractivity contribution in [1.82, 2.24) is 0 Å². The maximum atomic E-state index is 10.5. The standard InChI is InChI=1S/C13H11Br2ClO3S/c1-18-8-4-3-6(12(19-2)10(8)15)11(17)9-5-7(14)13(16)20-9/h3-5,11,17H,1-2H3. The topological polar surface area (TPSA) is 38.7 Å². The van der Waals surface area contributed by atoms with Gasteiger partial charge in [0, 0.05) is 14.9 Å². The normalized spacial score (nSPS) is 12.3. The summed E-state index contributed by atoms with van der Waals surface area (Å²) in [5, 5.41) is 10.5. The molecule has 1 aromatic heterocycles. The summed E-state index contributed by atoms with van der Waals surface area (Å²) in [7, 11) is 3.12. The lowest BCUT2D eigenvalue weighted by molar-refractivity contribution is 0.218. The zero-order chi connectivity index (χ0) is 14.9. The fourth-order valence-electron chi connectivity index (χ4n) is 1.78. The summed E-state index contributed by atoms with van der Waals surface area (Å²) in [4.78, 5) is 0.734. The SMILES string of the molecule is COc1ccc(C(O)c2cc(Br)c(Cl)s2)c(OC)c1Br. The molecule has 0 aliphatic rings. The van der Waals surface area contributed by atoms with Crippen molar-refractivity contribution in [1.29, 1.82) is 0 Å². The first kappa shape index (κ1) is 16.1. The van der Waals surface area contributed by atoms with Gasteiger partial charge in [0.1, 0.15) is 26.4 Å². The summed E-state index contributed by atoms with van der Waals surface area (Å²) in [5.74, 6) is 1.18. The Balaban J connectivity index is 2.49. The van der Waals surface area contributed by atoms with Crippen molar-refractivity contribution in [3.63, 3.8) is 0 Å². The van der Waals surface area contributed by atoms with Crippen LogP contribution in [0.4, 0.5) is 0 Å². The van der Waals surface area contributed by atoms with Gasteiger partial charge in [-0.05, 0) is 50.1 Å². The molecule has 1 atom stereocenters. The van der Waals surface area contributed by atoms with Crippen LogP contribution in [-0.4, -0.2) is 19.3 Å². The highest BCUT2D eigenvalue weighted by Crippen LogP contribution is 2.44. The number of methoxy groups -OCH3 is 2. The minimum absolute atomic E-state index is 0.539. The number of thiophene rings is 1. The highest BCUT2D eigenvalue weighted by molar-refractivity contribution is 9.11. The van der Waals surface area contributed by atoms with E-state index in [1.165, 1.54) is 11.3 Å². The van der Waals surface area contributed by atoms with Crippen LogP contribution in [0.1, 0.15) is 16.5 Å². The maximum Gasteiger partial charge on any atom is 0.142 e. The Morgan fingerprint density at radius 3 is 2.45 bits per heavy atom. The summed E-state index contributed by atoms with van der Waals surface area (Å²) in [6, 6.07) is 5.35. The zero-order valence-electron chi connectivity index (χ0n) is 10.6. The van der Waals surface area contributed by atoms with Gasteiger partial charge in [-0.2, -0.15) is 0 Å². The van der Waals surface area contributed by atoms with Crippen LogP contribution in [-0.2, 0) is 0 Å². The van der Waals surface area contributed by atoms with E-state index in [0.29, 0.717) is 25.9 Å². The molecule has 1 N–H and O–H groups in total. The summed E-state index contributed by atoms with van der Waals surface area (Å²) in [5.41, 5.74) is 0.644. The molecule has 0 aliphatic carbocycles.